The normalized spacial score (nSPS) is 26.3. The zero-order chi connectivity index (χ0) is 16.7. The molecule has 7 heteroatoms. The number of hydrogen-bond donors (Lipinski definition) is 0. The van der Waals surface area contributed by atoms with Gasteiger partial charge in [-0.3, -0.25) is 9.59 Å². The molecule has 2 fully saturated rings. The Kier molecular flexibility index (Phi) is 4.31. The Hall–Kier alpha value is -1.63. The van der Waals surface area contributed by atoms with E-state index >= 15 is 0 Å². The first-order chi connectivity index (χ1) is 10.9. The van der Waals surface area contributed by atoms with Gasteiger partial charge in [0.15, 0.2) is 0 Å². The quantitative estimate of drug-likeness (QED) is 0.846. The number of carbonyl (C=O) groups is 2. The van der Waals surface area contributed by atoms with E-state index in [1.807, 2.05) is 0 Å². The first-order valence-corrected chi connectivity index (χ1v) is 8.60. The lowest BCUT2D eigenvalue weighted by atomic mass is 10.1. The van der Waals surface area contributed by atoms with Crippen LogP contribution in [0.1, 0.15) is 17.9 Å². The zero-order valence-electron chi connectivity index (χ0n) is 13.0. The van der Waals surface area contributed by atoms with Crippen molar-refractivity contribution in [2.75, 3.05) is 25.7 Å². The SMILES string of the molecule is CN(C)C(=O)[C@@H]1CSCN1C(=O)[C@H]1C[C@H]1c1ccc(F)cc1F. The van der Waals surface area contributed by atoms with Crippen LogP contribution in [0, 0.1) is 17.6 Å². The molecular formula is C16H18F2N2O2S. The predicted octanol–water partition coefficient (Wildman–Crippen LogP) is 2.06. The second-order valence-corrected chi connectivity index (χ2v) is 7.17. The van der Waals surface area contributed by atoms with Crippen molar-refractivity contribution in [2.24, 2.45) is 5.92 Å². The lowest BCUT2D eigenvalue weighted by Crippen LogP contribution is -2.47. The van der Waals surface area contributed by atoms with Crippen LogP contribution >= 0.6 is 11.8 Å². The van der Waals surface area contributed by atoms with Gasteiger partial charge in [-0.15, -0.1) is 11.8 Å². The maximum absolute atomic E-state index is 13.8. The van der Waals surface area contributed by atoms with Gasteiger partial charge in [-0.25, -0.2) is 8.78 Å². The van der Waals surface area contributed by atoms with Crippen molar-refractivity contribution < 1.29 is 18.4 Å². The third-order valence-electron chi connectivity index (χ3n) is 4.36. The van der Waals surface area contributed by atoms with Gasteiger partial charge in [-0.1, -0.05) is 6.07 Å². The number of thioether (sulfide) groups is 1. The Labute approximate surface area is 137 Å². The van der Waals surface area contributed by atoms with E-state index < -0.39 is 17.7 Å². The average molecular weight is 340 g/mol. The van der Waals surface area contributed by atoms with Gasteiger partial charge in [-0.2, -0.15) is 0 Å². The third-order valence-corrected chi connectivity index (χ3v) is 5.37. The topological polar surface area (TPSA) is 40.6 Å². The molecule has 0 spiro atoms. The molecule has 23 heavy (non-hydrogen) atoms. The largest absolute Gasteiger partial charge is 0.347 e. The van der Waals surface area contributed by atoms with E-state index in [-0.39, 0.29) is 23.7 Å². The number of likely N-dealkylation sites (N-methyl/N-ethyl adjacent to an activating group) is 1. The van der Waals surface area contributed by atoms with Crippen LogP contribution < -0.4 is 0 Å². The second kappa shape index (κ2) is 6.11. The van der Waals surface area contributed by atoms with E-state index in [0.29, 0.717) is 23.6 Å². The number of halogens is 2. The Bertz CT molecular complexity index is 653. The highest BCUT2D eigenvalue weighted by Crippen LogP contribution is 2.50. The molecule has 3 atom stereocenters. The highest BCUT2D eigenvalue weighted by atomic mass is 32.2. The van der Waals surface area contributed by atoms with Gasteiger partial charge >= 0.3 is 0 Å². The van der Waals surface area contributed by atoms with E-state index in [1.165, 1.54) is 17.0 Å². The van der Waals surface area contributed by atoms with Crippen LogP contribution in [0.25, 0.3) is 0 Å². The number of nitrogens with zero attached hydrogens (tertiary/aromatic N) is 2. The van der Waals surface area contributed by atoms with Gasteiger partial charge in [0.1, 0.15) is 17.7 Å². The zero-order valence-corrected chi connectivity index (χ0v) is 13.8. The monoisotopic (exact) mass is 340 g/mol. The minimum Gasteiger partial charge on any atom is -0.347 e. The van der Waals surface area contributed by atoms with Crippen molar-refractivity contribution in [1.29, 1.82) is 0 Å². The van der Waals surface area contributed by atoms with Crippen molar-refractivity contribution in [1.82, 2.24) is 9.80 Å². The fraction of sp³-hybridized carbons (Fsp3) is 0.500. The molecule has 0 aromatic heterocycles. The molecule has 1 aliphatic carbocycles. The lowest BCUT2D eigenvalue weighted by Gasteiger charge is -2.25. The van der Waals surface area contributed by atoms with Crippen molar-refractivity contribution in [3.63, 3.8) is 0 Å². The molecule has 1 aromatic rings. The van der Waals surface area contributed by atoms with Crippen molar-refractivity contribution >= 4 is 23.6 Å². The van der Waals surface area contributed by atoms with Gasteiger partial charge in [-0.05, 0) is 24.0 Å². The van der Waals surface area contributed by atoms with Crippen molar-refractivity contribution in [3.05, 3.63) is 35.4 Å². The summed E-state index contributed by atoms with van der Waals surface area (Å²) in [5, 5.41) is 0. The van der Waals surface area contributed by atoms with Crippen molar-refractivity contribution in [2.45, 2.75) is 18.4 Å². The summed E-state index contributed by atoms with van der Waals surface area (Å²) in [5.74, 6) is -0.889. The lowest BCUT2D eigenvalue weighted by molar-refractivity contribution is -0.142. The molecule has 1 saturated carbocycles. The maximum atomic E-state index is 13.8. The molecule has 2 amide bonds. The Morgan fingerprint density at radius 3 is 2.70 bits per heavy atom. The van der Waals surface area contributed by atoms with Gasteiger partial charge in [0.05, 0.1) is 5.88 Å². The van der Waals surface area contributed by atoms with Crippen LogP contribution in [0.15, 0.2) is 18.2 Å². The molecule has 1 aliphatic heterocycles. The van der Waals surface area contributed by atoms with E-state index in [2.05, 4.69) is 0 Å². The first-order valence-electron chi connectivity index (χ1n) is 7.44. The number of hydrogen-bond acceptors (Lipinski definition) is 3. The van der Waals surface area contributed by atoms with Gasteiger partial charge in [0.25, 0.3) is 0 Å². The van der Waals surface area contributed by atoms with Gasteiger partial charge < -0.3 is 9.80 Å². The summed E-state index contributed by atoms with van der Waals surface area (Å²) in [7, 11) is 3.34. The highest BCUT2D eigenvalue weighted by molar-refractivity contribution is 7.99. The molecule has 124 valence electrons. The Balaban J connectivity index is 1.71. The number of amides is 2. The molecule has 3 rings (SSSR count). The average Bonchev–Trinajstić information content (AvgIpc) is 3.12. The fourth-order valence-electron chi connectivity index (χ4n) is 2.99. The van der Waals surface area contributed by atoms with Crippen molar-refractivity contribution in [3.8, 4) is 0 Å². The summed E-state index contributed by atoms with van der Waals surface area (Å²) in [6.07, 6.45) is 0.547. The number of rotatable bonds is 3. The van der Waals surface area contributed by atoms with E-state index in [0.717, 1.165) is 6.07 Å². The molecular weight excluding hydrogens is 322 g/mol. The summed E-state index contributed by atoms with van der Waals surface area (Å²) in [6, 6.07) is 3.02. The Morgan fingerprint density at radius 1 is 1.30 bits per heavy atom. The summed E-state index contributed by atoms with van der Waals surface area (Å²) in [4.78, 5) is 27.9. The van der Waals surface area contributed by atoms with Crippen LogP contribution in [0.2, 0.25) is 0 Å². The number of benzene rings is 1. The first kappa shape index (κ1) is 16.2. The van der Waals surface area contributed by atoms with Gasteiger partial charge in [0.2, 0.25) is 11.8 Å². The molecule has 2 aliphatic rings. The molecule has 4 nitrogen and oxygen atoms in total. The van der Waals surface area contributed by atoms with Crippen LogP contribution in [0.5, 0.6) is 0 Å². The summed E-state index contributed by atoms with van der Waals surface area (Å²) < 4.78 is 26.8. The molecule has 0 N–H and O–H groups in total. The minimum absolute atomic E-state index is 0.0893. The van der Waals surface area contributed by atoms with Crippen LogP contribution in [-0.4, -0.2) is 53.4 Å². The molecule has 1 heterocycles. The molecule has 0 bridgehead atoms. The van der Waals surface area contributed by atoms with Crippen LogP contribution in [0.4, 0.5) is 8.78 Å². The molecule has 0 radical (unpaired) electrons. The summed E-state index contributed by atoms with van der Waals surface area (Å²) in [5.41, 5.74) is 0.382. The van der Waals surface area contributed by atoms with Crippen LogP contribution in [0.3, 0.4) is 0 Å². The molecule has 1 saturated heterocycles. The van der Waals surface area contributed by atoms with E-state index in [9.17, 15) is 18.4 Å². The van der Waals surface area contributed by atoms with E-state index in [4.69, 9.17) is 0 Å². The molecule has 0 unspecified atom stereocenters. The number of carbonyl (C=O) groups excluding carboxylic acids is 2. The highest BCUT2D eigenvalue weighted by Gasteiger charge is 2.49. The standard InChI is InChI=1S/C16H18F2N2O2S/c1-19(2)16(22)14-7-23-8-20(14)15(21)12-6-11(12)10-4-3-9(17)5-13(10)18/h3-5,11-12,14H,6-8H2,1-2H3/t11-,12-,14-/m0/s1. The van der Waals surface area contributed by atoms with E-state index in [1.54, 1.807) is 30.8 Å². The minimum atomic E-state index is -0.623. The summed E-state index contributed by atoms with van der Waals surface area (Å²) >= 11 is 1.55. The smallest absolute Gasteiger partial charge is 0.245 e. The third kappa shape index (κ3) is 3.06. The van der Waals surface area contributed by atoms with Gasteiger partial charge in [0, 0.05) is 31.8 Å². The maximum Gasteiger partial charge on any atom is 0.245 e. The molecule has 1 aromatic carbocycles. The Morgan fingerprint density at radius 2 is 2.04 bits per heavy atom. The van der Waals surface area contributed by atoms with Crippen LogP contribution in [-0.2, 0) is 9.59 Å². The predicted molar refractivity (Wildman–Crippen MR) is 83.9 cm³/mol. The summed E-state index contributed by atoms with van der Waals surface area (Å²) in [6.45, 7) is 0. The fourth-order valence-corrected chi connectivity index (χ4v) is 4.14. The second-order valence-electron chi connectivity index (χ2n) is 6.17.